The highest BCUT2D eigenvalue weighted by atomic mass is 28.4. The second-order valence-electron chi connectivity index (χ2n) is 6.00. The van der Waals surface area contributed by atoms with Crippen LogP contribution in [0.2, 0.25) is 19.6 Å². The van der Waals surface area contributed by atoms with Crippen molar-refractivity contribution in [2.24, 2.45) is 0 Å². The van der Waals surface area contributed by atoms with Gasteiger partial charge in [-0.1, -0.05) is 60.4 Å². The third-order valence-corrected chi connectivity index (χ3v) is 3.95. The Morgan fingerprint density at radius 1 is 0.905 bits per heavy atom. The Bertz CT molecular complexity index is 603. The average Bonchev–Trinajstić information content (AvgIpc) is 2.47. The van der Waals surface area contributed by atoms with Crippen molar-refractivity contribution in [1.82, 2.24) is 0 Å². The Hall–Kier alpha value is -1.82. The van der Waals surface area contributed by atoms with Crippen molar-refractivity contribution in [3.05, 3.63) is 71.8 Å². The predicted molar refractivity (Wildman–Crippen MR) is 91.6 cm³/mol. The molecular formula is C19H22OSi. The van der Waals surface area contributed by atoms with Crippen LogP contribution in [0.3, 0.4) is 0 Å². The van der Waals surface area contributed by atoms with Crippen molar-refractivity contribution in [3.8, 4) is 11.8 Å². The largest absolute Gasteiger partial charge is 0.410 e. The van der Waals surface area contributed by atoms with Gasteiger partial charge in [0.1, 0.15) is 0 Å². The molecule has 2 heteroatoms. The zero-order valence-corrected chi connectivity index (χ0v) is 14.0. The van der Waals surface area contributed by atoms with Crippen molar-refractivity contribution < 1.29 is 4.43 Å². The molecule has 0 radical (unpaired) electrons. The Labute approximate surface area is 129 Å². The molecule has 0 aliphatic carbocycles. The summed E-state index contributed by atoms with van der Waals surface area (Å²) in [6.45, 7) is 6.65. The molecule has 2 rings (SSSR count). The lowest BCUT2D eigenvalue weighted by Crippen LogP contribution is -2.27. The molecule has 0 heterocycles. The number of hydrogen-bond donors (Lipinski definition) is 0. The Kier molecular flexibility index (Phi) is 5.38. The highest BCUT2D eigenvalue weighted by molar-refractivity contribution is 6.69. The molecule has 0 bridgehead atoms. The molecule has 0 amide bonds. The van der Waals surface area contributed by atoms with Gasteiger partial charge in [-0.3, -0.25) is 0 Å². The zero-order chi connectivity index (χ0) is 15.1. The van der Waals surface area contributed by atoms with Crippen LogP contribution < -0.4 is 0 Å². The molecule has 0 saturated heterocycles. The molecule has 1 atom stereocenters. The minimum atomic E-state index is -1.60. The van der Waals surface area contributed by atoms with Gasteiger partial charge in [-0.2, -0.15) is 0 Å². The van der Waals surface area contributed by atoms with Crippen LogP contribution in [-0.4, -0.2) is 8.32 Å². The predicted octanol–water partition coefficient (Wildman–Crippen LogP) is 5.02. The van der Waals surface area contributed by atoms with Crippen LogP contribution in [0, 0.1) is 11.8 Å². The van der Waals surface area contributed by atoms with E-state index in [9.17, 15) is 0 Å². The topological polar surface area (TPSA) is 9.23 Å². The van der Waals surface area contributed by atoms with Gasteiger partial charge in [-0.25, -0.2) is 0 Å². The summed E-state index contributed by atoms with van der Waals surface area (Å²) in [5.41, 5.74) is 2.26. The third-order valence-electron chi connectivity index (χ3n) is 2.96. The quantitative estimate of drug-likeness (QED) is 0.568. The van der Waals surface area contributed by atoms with E-state index in [1.807, 2.05) is 36.4 Å². The number of hydrogen-bond acceptors (Lipinski definition) is 1. The molecular weight excluding hydrogens is 272 g/mol. The van der Waals surface area contributed by atoms with E-state index in [4.69, 9.17) is 4.43 Å². The first kappa shape index (κ1) is 15.6. The standard InChI is InChI=1S/C19H22OSi/c1-21(2,3)20-19(18-14-8-5-9-15-18)16-10-13-17-11-6-4-7-12-17/h4-9,11-12,14-15,19H,16H2,1-3H3. The van der Waals surface area contributed by atoms with E-state index in [1.165, 1.54) is 5.56 Å². The van der Waals surface area contributed by atoms with Crippen molar-refractivity contribution in [1.29, 1.82) is 0 Å². The van der Waals surface area contributed by atoms with Crippen LogP contribution in [0.4, 0.5) is 0 Å². The molecule has 0 aliphatic rings. The van der Waals surface area contributed by atoms with Crippen LogP contribution in [0.25, 0.3) is 0 Å². The fourth-order valence-electron chi connectivity index (χ4n) is 2.09. The molecule has 0 fully saturated rings. The van der Waals surface area contributed by atoms with E-state index in [2.05, 4.69) is 55.7 Å². The van der Waals surface area contributed by atoms with E-state index < -0.39 is 8.32 Å². The van der Waals surface area contributed by atoms with Crippen LogP contribution in [-0.2, 0) is 4.43 Å². The zero-order valence-electron chi connectivity index (χ0n) is 13.0. The maximum atomic E-state index is 6.30. The maximum absolute atomic E-state index is 6.30. The Morgan fingerprint density at radius 2 is 1.48 bits per heavy atom. The fourth-order valence-corrected chi connectivity index (χ4v) is 3.16. The minimum Gasteiger partial charge on any atom is -0.410 e. The first-order chi connectivity index (χ1) is 10.0. The van der Waals surface area contributed by atoms with Crippen molar-refractivity contribution in [2.45, 2.75) is 32.2 Å². The van der Waals surface area contributed by atoms with Crippen LogP contribution in [0.5, 0.6) is 0 Å². The summed E-state index contributed by atoms with van der Waals surface area (Å²) in [4.78, 5) is 0. The van der Waals surface area contributed by atoms with E-state index in [0.717, 1.165) is 12.0 Å². The highest BCUT2D eigenvalue weighted by Crippen LogP contribution is 2.25. The number of benzene rings is 2. The summed E-state index contributed by atoms with van der Waals surface area (Å²) >= 11 is 0. The molecule has 2 aromatic rings. The Morgan fingerprint density at radius 3 is 2.05 bits per heavy atom. The lowest BCUT2D eigenvalue weighted by molar-refractivity contribution is 0.204. The van der Waals surface area contributed by atoms with Gasteiger partial charge in [0.05, 0.1) is 6.10 Å². The lowest BCUT2D eigenvalue weighted by atomic mass is 10.1. The van der Waals surface area contributed by atoms with Gasteiger partial charge in [-0.15, -0.1) is 0 Å². The second-order valence-corrected chi connectivity index (χ2v) is 10.5. The fraction of sp³-hybridized carbons (Fsp3) is 0.263. The molecule has 0 aliphatic heterocycles. The molecule has 21 heavy (non-hydrogen) atoms. The van der Waals surface area contributed by atoms with E-state index in [1.54, 1.807) is 0 Å². The molecule has 0 saturated carbocycles. The summed E-state index contributed by atoms with van der Waals surface area (Å²) in [7, 11) is -1.60. The summed E-state index contributed by atoms with van der Waals surface area (Å²) in [6.07, 6.45) is 0.789. The first-order valence-electron chi connectivity index (χ1n) is 7.31. The normalized spacial score (nSPS) is 12.3. The summed E-state index contributed by atoms with van der Waals surface area (Å²) in [5.74, 6) is 6.49. The first-order valence-corrected chi connectivity index (χ1v) is 10.7. The molecule has 108 valence electrons. The summed E-state index contributed by atoms with van der Waals surface area (Å²) in [5, 5.41) is 0. The van der Waals surface area contributed by atoms with Gasteiger partial charge in [0, 0.05) is 12.0 Å². The summed E-state index contributed by atoms with van der Waals surface area (Å²) < 4.78 is 6.30. The molecule has 2 aromatic carbocycles. The molecule has 1 unspecified atom stereocenters. The van der Waals surface area contributed by atoms with Gasteiger partial charge >= 0.3 is 0 Å². The second kappa shape index (κ2) is 7.26. The molecule has 1 nitrogen and oxygen atoms in total. The van der Waals surface area contributed by atoms with Crippen LogP contribution in [0.15, 0.2) is 60.7 Å². The van der Waals surface area contributed by atoms with Gasteiger partial charge < -0.3 is 4.43 Å². The van der Waals surface area contributed by atoms with Crippen molar-refractivity contribution >= 4 is 8.32 Å². The third kappa shape index (κ3) is 5.59. The molecule has 0 spiro atoms. The van der Waals surface area contributed by atoms with Gasteiger partial charge in [0.25, 0.3) is 0 Å². The SMILES string of the molecule is C[Si](C)(C)OC(CC#Cc1ccccc1)c1ccccc1. The smallest absolute Gasteiger partial charge is 0.184 e. The van der Waals surface area contributed by atoms with E-state index in [0.29, 0.717) is 0 Å². The summed E-state index contributed by atoms with van der Waals surface area (Å²) in [6, 6.07) is 20.5. The highest BCUT2D eigenvalue weighted by Gasteiger charge is 2.21. The Balaban J connectivity index is 2.12. The van der Waals surface area contributed by atoms with Crippen molar-refractivity contribution in [2.75, 3.05) is 0 Å². The monoisotopic (exact) mass is 294 g/mol. The van der Waals surface area contributed by atoms with Crippen LogP contribution in [0.1, 0.15) is 23.7 Å². The van der Waals surface area contributed by atoms with E-state index >= 15 is 0 Å². The maximum Gasteiger partial charge on any atom is 0.184 e. The lowest BCUT2D eigenvalue weighted by Gasteiger charge is -2.25. The van der Waals surface area contributed by atoms with Crippen molar-refractivity contribution in [3.63, 3.8) is 0 Å². The van der Waals surface area contributed by atoms with Crippen LogP contribution >= 0.6 is 0 Å². The van der Waals surface area contributed by atoms with E-state index in [-0.39, 0.29) is 6.10 Å². The van der Waals surface area contributed by atoms with Gasteiger partial charge in [-0.05, 0) is 37.3 Å². The van der Waals surface area contributed by atoms with Gasteiger partial charge in [0.15, 0.2) is 8.32 Å². The molecule has 0 aromatic heterocycles. The minimum absolute atomic E-state index is 0.0640. The number of rotatable bonds is 4. The van der Waals surface area contributed by atoms with Gasteiger partial charge in [0.2, 0.25) is 0 Å². The molecule has 0 N–H and O–H groups in total. The average molecular weight is 294 g/mol.